The molecule has 0 saturated heterocycles. The van der Waals surface area contributed by atoms with Crippen LogP contribution in [0.2, 0.25) is 18.1 Å². The molecule has 0 unspecified atom stereocenters. The van der Waals surface area contributed by atoms with E-state index in [1.807, 2.05) is 6.92 Å². The average Bonchev–Trinajstić information content (AvgIpc) is 2.48. The predicted octanol–water partition coefficient (Wildman–Crippen LogP) is 2.88. The molecule has 0 N–H and O–H groups in total. The van der Waals surface area contributed by atoms with E-state index in [1.54, 1.807) is 6.08 Å². The molecule has 0 aromatic heterocycles. The Labute approximate surface area is 99.0 Å². The van der Waals surface area contributed by atoms with Crippen LogP contribution < -0.4 is 0 Å². The molecule has 0 fully saturated rings. The maximum absolute atomic E-state index is 11.0. The molecule has 0 aromatic rings. The Morgan fingerprint density at radius 2 is 2.00 bits per heavy atom. The van der Waals surface area contributed by atoms with Crippen molar-refractivity contribution in [3.05, 3.63) is 12.2 Å². The molecule has 0 saturated carbocycles. The molecule has 0 aliphatic carbocycles. The van der Waals surface area contributed by atoms with Gasteiger partial charge in [0.05, 0.1) is 6.10 Å². The van der Waals surface area contributed by atoms with E-state index in [1.165, 1.54) is 6.08 Å². The molecule has 1 rings (SSSR count). The van der Waals surface area contributed by atoms with Gasteiger partial charge in [-0.25, -0.2) is 4.79 Å². The molecule has 0 radical (unpaired) electrons. The normalized spacial score (nSPS) is 23.4. The molecular weight excluding hydrogens is 220 g/mol. The van der Waals surface area contributed by atoms with E-state index in [4.69, 9.17) is 9.16 Å². The summed E-state index contributed by atoms with van der Waals surface area (Å²) >= 11 is 0. The smallest absolute Gasteiger partial charge is 0.331 e. The number of rotatable bonds is 3. The monoisotopic (exact) mass is 242 g/mol. The highest BCUT2D eigenvalue weighted by Gasteiger charge is 2.40. The molecule has 0 bridgehead atoms. The molecule has 1 aliphatic heterocycles. The number of carbonyl (C=O) groups excluding carboxylic acids is 1. The zero-order chi connectivity index (χ0) is 12.6. The first-order valence-electron chi connectivity index (χ1n) is 5.70. The van der Waals surface area contributed by atoms with Gasteiger partial charge in [-0.1, -0.05) is 20.8 Å². The van der Waals surface area contributed by atoms with Gasteiger partial charge in [0.25, 0.3) is 0 Å². The maximum atomic E-state index is 11.0. The van der Waals surface area contributed by atoms with Crippen molar-refractivity contribution >= 4 is 14.3 Å². The van der Waals surface area contributed by atoms with Gasteiger partial charge in [-0.3, -0.25) is 0 Å². The summed E-state index contributed by atoms with van der Waals surface area (Å²) in [6.45, 7) is 13.0. The summed E-state index contributed by atoms with van der Waals surface area (Å²) in [7, 11) is -1.78. The molecule has 0 spiro atoms. The molecule has 16 heavy (non-hydrogen) atoms. The van der Waals surface area contributed by atoms with Gasteiger partial charge in [0.15, 0.2) is 8.32 Å². The van der Waals surface area contributed by atoms with Crippen LogP contribution in [0.4, 0.5) is 0 Å². The van der Waals surface area contributed by atoms with Crippen LogP contribution in [0.5, 0.6) is 0 Å². The Morgan fingerprint density at radius 3 is 2.38 bits per heavy atom. The van der Waals surface area contributed by atoms with E-state index >= 15 is 0 Å². The summed E-state index contributed by atoms with van der Waals surface area (Å²) in [5.41, 5.74) is 0. The van der Waals surface area contributed by atoms with Gasteiger partial charge in [0, 0.05) is 6.08 Å². The Hall–Kier alpha value is -0.613. The molecule has 3 nitrogen and oxygen atoms in total. The van der Waals surface area contributed by atoms with Gasteiger partial charge in [0.2, 0.25) is 0 Å². The van der Waals surface area contributed by atoms with E-state index < -0.39 is 8.32 Å². The number of hydrogen-bond acceptors (Lipinski definition) is 3. The van der Waals surface area contributed by atoms with Gasteiger partial charge in [-0.15, -0.1) is 0 Å². The van der Waals surface area contributed by atoms with Gasteiger partial charge in [0.1, 0.15) is 6.10 Å². The first-order valence-corrected chi connectivity index (χ1v) is 8.61. The van der Waals surface area contributed by atoms with Crippen molar-refractivity contribution < 1.29 is 14.0 Å². The second-order valence-electron chi connectivity index (χ2n) is 5.84. The fourth-order valence-electron chi connectivity index (χ4n) is 1.35. The van der Waals surface area contributed by atoms with Crippen molar-refractivity contribution in [2.45, 2.75) is 58.0 Å². The Bertz CT molecular complexity index is 302. The van der Waals surface area contributed by atoms with Crippen molar-refractivity contribution in [3.63, 3.8) is 0 Å². The van der Waals surface area contributed by atoms with Crippen LogP contribution in [0.3, 0.4) is 0 Å². The minimum absolute atomic E-state index is 0.0661. The lowest BCUT2D eigenvalue weighted by Gasteiger charge is -2.39. The van der Waals surface area contributed by atoms with Gasteiger partial charge >= 0.3 is 5.97 Å². The zero-order valence-corrected chi connectivity index (χ0v) is 12.0. The van der Waals surface area contributed by atoms with Crippen molar-refractivity contribution in [1.82, 2.24) is 0 Å². The first-order chi connectivity index (χ1) is 7.13. The minimum atomic E-state index is -1.78. The zero-order valence-electron chi connectivity index (χ0n) is 11.0. The van der Waals surface area contributed by atoms with Gasteiger partial charge in [-0.2, -0.15) is 0 Å². The summed E-state index contributed by atoms with van der Waals surface area (Å²) in [5, 5.41) is 0.174. The number of carbonyl (C=O) groups is 1. The van der Waals surface area contributed by atoms with E-state index in [0.717, 1.165) is 0 Å². The quantitative estimate of drug-likeness (QED) is 0.564. The van der Waals surface area contributed by atoms with Crippen LogP contribution in [-0.2, 0) is 14.0 Å². The summed E-state index contributed by atoms with van der Waals surface area (Å²) in [6, 6.07) is 0. The van der Waals surface area contributed by atoms with Crippen LogP contribution in [0.25, 0.3) is 0 Å². The third-order valence-electron chi connectivity index (χ3n) is 3.42. The summed E-state index contributed by atoms with van der Waals surface area (Å²) in [6.07, 6.45) is 2.96. The van der Waals surface area contributed by atoms with Crippen LogP contribution >= 0.6 is 0 Å². The molecule has 1 heterocycles. The van der Waals surface area contributed by atoms with E-state index in [0.29, 0.717) is 0 Å². The van der Waals surface area contributed by atoms with Crippen LogP contribution in [-0.4, -0.2) is 26.5 Å². The fraction of sp³-hybridized carbons (Fsp3) is 0.750. The van der Waals surface area contributed by atoms with Crippen LogP contribution in [0.15, 0.2) is 12.2 Å². The summed E-state index contributed by atoms with van der Waals surface area (Å²) in [4.78, 5) is 11.0. The third-order valence-corrected chi connectivity index (χ3v) is 8.00. The SMILES string of the molecule is C[C@H](O[Si](C)(C)C(C)(C)C)[C@@H]1C=CC(=O)O1. The number of cyclic esters (lactones) is 1. The van der Waals surface area contributed by atoms with Crippen LogP contribution in [0.1, 0.15) is 27.7 Å². The number of ether oxygens (including phenoxy) is 1. The molecule has 2 atom stereocenters. The van der Waals surface area contributed by atoms with Crippen molar-refractivity contribution in [3.8, 4) is 0 Å². The minimum Gasteiger partial charge on any atom is -0.452 e. The molecule has 92 valence electrons. The van der Waals surface area contributed by atoms with Gasteiger partial charge in [-0.05, 0) is 31.1 Å². The topological polar surface area (TPSA) is 35.5 Å². The molecule has 4 heteroatoms. The highest BCUT2D eigenvalue weighted by atomic mass is 28.4. The molecule has 0 amide bonds. The Balaban J connectivity index is 2.61. The number of hydrogen-bond donors (Lipinski definition) is 0. The lowest BCUT2D eigenvalue weighted by Crippen LogP contribution is -2.46. The highest BCUT2D eigenvalue weighted by molar-refractivity contribution is 6.74. The summed E-state index contributed by atoms with van der Waals surface area (Å²) in [5.74, 6) is -0.268. The fourth-order valence-corrected chi connectivity index (χ4v) is 2.76. The van der Waals surface area contributed by atoms with Crippen molar-refractivity contribution in [2.75, 3.05) is 0 Å². The largest absolute Gasteiger partial charge is 0.452 e. The summed E-state index contributed by atoms with van der Waals surface area (Å²) < 4.78 is 11.3. The highest BCUT2D eigenvalue weighted by Crippen LogP contribution is 2.37. The number of esters is 1. The van der Waals surface area contributed by atoms with E-state index in [2.05, 4.69) is 33.9 Å². The Kier molecular flexibility index (Phi) is 3.64. The molecular formula is C12H22O3Si. The molecule has 1 aliphatic rings. The van der Waals surface area contributed by atoms with Gasteiger partial charge < -0.3 is 9.16 Å². The second-order valence-corrected chi connectivity index (χ2v) is 10.6. The lowest BCUT2D eigenvalue weighted by atomic mass is 10.2. The Morgan fingerprint density at radius 1 is 1.44 bits per heavy atom. The van der Waals surface area contributed by atoms with Crippen LogP contribution in [0, 0.1) is 0 Å². The maximum Gasteiger partial charge on any atom is 0.331 e. The van der Waals surface area contributed by atoms with E-state index in [-0.39, 0.29) is 23.2 Å². The predicted molar refractivity (Wildman–Crippen MR) is 66.8 cm³/mol. The molecule has 0 aromatic carbocycles. The average molecular weight is 242 g/mol. The second kappa shape index (κ2) is 4.34. The standard InChI is InChI=1S/C12H22O3Si/c1-9(10-7-8-11(13)14-10)15-16(5,6)12(2,3)4/h7-10H,1-6H3/t9-,10-/m0/s1. The lowest BCUT2D eigenvalue weighted by molar-refractivity contribution is -0.141. The first kappa shape index (κ1) is 13.5. The third kappa shape index (κ3) is 2.95. The van der Waals surface area contributed by atoms with E-state index in [9.17, 15) is 4.79 Å². The van der Waals surface area contributed by atoms with Crippen molar-refractivity contribution in [2.24, 2.45) is 0 Å². The van der Waals surface area contributed by atoms with Crippen molar-refractivity contribution in [1.29, 1.82) is 0 Å².